The van der Waals surface area contributed by atoms with Crippen LogP contribution in [0.15, 0.2) is 53.2 Å². The van der Waals surface area contributed by atoms with Crippen molar-refractivity contribution in [2.75, 3.05) is 13.7 Å². The number of amides is 1. The second-order valence-electron chi connectivity index (χ2n) is 5.26. The van der Waals surface area contributed by atoms with Gasteiger partial charge in [-0.1, -0.05) is 47.3 Å². The van der Waals surface area contributed by atoms with E-state index in [9.17, 15) is 9.59 Å². The van der Waals surface area contributed by atoms with Gasteiger partial charge in [0.1, 0.15) is 18.1 Å². The topological polar surface area (TPSA) is 88.0 Å². The van der Waals surface area contributed by atoms with Crippen molar-refractivity contribution in [1.29, 1.82) is 0 Å². The van der Waals surface area contributed by atoms with Gasteiger partial charge in [0.15, 0.2) is 5.62 Å². The van der Waals surface area contributed by atoms with Gasteiger partial charge in [-0.25, -0.2) is 0 Å². The van der Waals surface area contributed by atoms with E-state index in [4.69, 9.17) is 9.94 Å². The summed E-state index contributed by atoms with van der Waals surface area (Å²) in [5.74, 6) is 0.430. The van der Waals surface area contributed by atoms with Crippen LogP contribution >= 0.6 is 11.8 Å². The minimum atomic E-state index is -0.463. The van der Waals surface area contributed by atoms with Crippen molar-refractivity contribution in [3.05, 3.63) is 53.6 Å². The van der Waals surface area contributed by atoms with Gasteiger partial charge in [-0.3, -0.25) is 9.59 Å². The van der Waals surface area contributed by atoms with E-state index in [-0.39, 0.29) is 12.5 Å². The molecule has 0 aliphatic carbocycles. The lowest BCUT2D eigenvalue weighted by molar-refractivity contribution is -0.120. The lowest BCUT2D eigenvalue weighted by Crippen LogP contribution is -2.31. The van der Waals surface area contributed by atoms with Gasteiger partial charge in [-0.2, -0.15) is 0 Å². The highest BCUT2D eigenvalue weighted by Crippen LogP contribution is 2.18. The van der Waals surface area contributed by atoms with E-state index >= 15 is 0 Å². The third-order valence-electron chi connectivity index (χ3n) is 3.59. The van der Waals surface area contributed by atoms with Gasteiger partial charge in [0.2, 0.25) is 5.91 Å². The monoisotopic (exact) mass is 376 g/mol. The van der Waals surface area contributed by atoms with Gasteiger partial charge in [-0.05, 0) is 43.5 Å². The predicted octanol–water partition coefficient (Wildman–Crippen LogP) is 3.00. The molecule has 0 fully saturated rings. The third kappa shape index (κ3) is 6.76. The molecule has 0 saturated carbocycles. The Hall–Kier alpha value is -2.54. The molecule has 0 saturated heterocycles. The van der Waals surface area contributed by atoms with Crippen molar-refractivity contribution in [3.63, 3.8) is 0 Å². The SMILES string of the molecule is C\C=C/C(=C\C)C(/COc1ccc(CC(SC=O)C(=O)NC)cc1)=N/O. The molecule has 1 rings (SSSR count). The highest BCUT2D eigenvalue weighted by Gasteiger charge is 2.18. The summed E-state index contributed by atoms with van der Waals surface area (Å²) in [6.07, 6.45) is 5.97. The second-order valence-corrected chi connectivity index (χ2v) is 6.30. The molecule has 0 aromatic heterocycles. The number of allylic oxidation sites excluding steroid dienone is 3. The number of thioether (sulfide) groups is 1. The molecular weight excluding hydrogens is 352 g/mol. The van der Waals surface area contributed by atoms with Crippen LogP contribution in [0.1, 0.15) is 19.4 Å². The number of nitrogens with one attached hydrogen (secondary N) is 1. The zero-order valence-electron chi connectivity index (χ0n) is 15.1. The Kier molecular flexibility index (Phi) is 9.86. The van der Waals surface area contributed by atoms with Crippen LogP contribution in [0.2, 0.25) is 0 Å². The number of carbonyl (C=O) groups excluding carboxylic acids is 2. The molecule has 1 atom stereocenters. The van der Waals surface area contributed by atoms with Crippen molar-refractivity contribution in [2.45, 2.75) is 25.5 Å². The summed E-state index contributed by atoms with van der Waals surface area (Å²) in [7, 11) is 1.55. The first-order valence-electron chi connectivity index (χ1n) is 8.12. The minimum Gasteiger partial charge on any atom is -0.487 e. The van der Waals surface area contributed by atoms with E-state index in [0.29, 0.717) is 23.5 Å². The van der Waals surface area contributed by atoms with Crippen molar-refractivity contribution in [2.24, 2.45) is 5.16 Å². The molecular formula is C19H24N2O4S. The maximum absolute atomic E-state index is 11.8. The second kappa shape index (κ2) is 11.9. The summed E-state index contributed by atoms with van der Waals surface area (Å²) in [5.41, 5.74) is 2.80. The largest absolute Gasteiger partial charge is 0.487 e. The number of oxime groups is 1. The highest BCUT2D eigenvalue weighted by atomic mass is 32.2. The minimum absolute atomic E-state index is 0.127. The fourth-order valence-electron chi connectivity index (χ4n) is 2.23. The quantitative estimate of drug-likeness (QED) is 0.215. The highest BCUT2D eigenvalue weighted by molar-refractivity contribution is 8.13. The number of ether oxygens (including phenoxy) is 1. The van der Waals surface area contributed by atoms with E-state index in [1.807, 2.05) is 44.2 Å². The van der Waals surface area contributed by atoms with E-state index in [2.05, 4.69) is 10.5 Å². The van der Waals surface area contributed by atoms with Gasteiger partial charge in [0.05, 0.1) is 5.25 Å². The fourth-order valence-corrected chi connectivity index (χ4v) is 2.89. The maximum atomic E-state index is 11.8. The van der Waals surface area contributed by atoms with Crippen LogP contribution in [0.25, 0.3) is 0 Å². The molecule has 0 aliphatic heterocycles. The molecule has 140 valence electrons. The van der Waals surface area contributed by atoms with Crippen LogP contribution in [0.4, 0.5) is 0 Å². The summed E-state index contributed by atoms with van der Waals surface area (Å²) in [6.45, 7) is 3.87. The van der Waals surface area contributed by atoms with E-state index in [1.165, 1.54) is 0 Å². The average molecular weight is 376 g/mol. The fraction of sp³-hybridized carbons (Fsp3) is 0.316. The molecule has 0 bridgehead atoms. The maximum Gasteiger partial charge on any atom is 0.233 e. The first-order chi connectivity index (χ1) is 12.6. The van der Waals surface area contributed by atoms with Crippen molar-refractivity contribution in [3.8, 4) is 5.75 Å². The summed E-state index contributed by atoms with van der Waals surface area (Å²) >= 11 is 0.956. The van der Waals surface area contributed by atoms with Crippen LogP contribution in [0.3, 0.4) is 0 Å². The lowest BCUT2D eigenvalue weighted by Gasteiger charge is -2.13. The normalized spacial score (nSPS) is 13.5. The molecule has 1 aromatic carbocycles. The van der Waals surface area contributed by atoms with E-state index < -0.39 is 5.25 Å². The Morgan fingerprint density at radius 2 is 2.04 bits per heavy atom. The number of benzene rings is 1. The number of hydrogen-bond donors (Lipinski definition) is 2. The van der Waals surface area contributed by atoms with Crippen LogP contribution in [0, 0.1) is 0 Å². The Labute approximate surface area is 158 Å². The van der Waals surface area contributed by atoms with Crippen LogP contribution in [-0.4, -0.2) is 41.3 Å². The summed E-state index contributed by atoms with van der Waals surface area (Å²) in [4.78, 5) is 22.5. The smallest absolute Gasteiger partial charge is 0.233 e. The van der Waals surface area contributed by atoms with Crippen LogP contribution < -0.4 is 10.1 Å². The van der Waals surface area contributed by atoms with E-state index in [0.717, 1.165) is 22.9 Å². The molecule has 1 aromatic rings. The molecule has 1 unspecified atom stereocenters. The average Bonchev–Trinajstić information content (AvgIpc) is 2.67. The Bertz CT molecular complexity index is 681. The number of hydrogen-bond acceptors (Lipinski definition) is 6. The van der Waals surface area contributed by atoms with Crippen molar-refractivity contribution in [1.82, 2.24) is 5.32 Å². The van der Waals surface area contributed by atoms with Crippen LogP contribution in [0.5, 0.6) is 5.75 Å². The summed E-state index contributed by atoms with van der Waals surface area (Å²) in [5, 5.41) is 14.6. The molecule has 26 heavy (non-hydrogen) atoms. The first-order valence-corrected chi connectivity index (χ1v) is 9.06. The lowest BCUT2D eigenvalue weighted by atomic mass is 10.1. The molecule has 0 radical (unpaired) electrons. The van der Waals surface area contributed by atoms with Gasteiger partial charge < -0.3 is 15.3 Å². The molecule has 7 heteroatoms. The number of rotatable bonds is 10. The molecule has 0 spiro atoms. The third-order valence-corrected chi connectivity index (χ3v) is 4.41. The standard InChI is InChI=1S/C19H24N2O4S/c1-4-6-15(5-2)17(21-24)12-25-16-9-7-14(8-10-16)11-18(26-13-22)19(23)20-3/h4-10,13,18,24H,11-12H2,1-3H3,(H,20,23)/b6-4-,15-5+,21-17+. The Morgan fingerprint density at radius 3 is 2.54 bits per heavy atom. The van der Waals surface area contributed by atoms with Gasteiger partial charge in [-0.15, -0.1) is 0 Å². The zero-order valence-corrected chi connectivity index (χ0v) is 16.0. The van der Waals surface area contributed by atoms with Gasteiger partial charge in [0.25, 0.3) is 0 Å². The number of nitrogens with zero attached hydrogens (tertiary/aromatic N) is 1. The first kappa shape index (κ1) is 21.5. The number of carbonyl (C=O) groups is 2. The van der Waals surface area contributed by atoms with Crippen LogP contribution in [-0.2, 0) is 16.0 Å². The molecule has 0 heterocycles. The molecule has 1 amide bonds. The van der Waals surface area contributed by atoms with Crippen molar-refractivity contribution < 1.29 is 19.5 Å². The summed E-state index contributed by atoms with van der Waals surface area (Å²) in [6, 6.07) is 7.24. The molecule has 0 aliphatic rings. The van der Waals surface area contributed by atoms with Gasteiger partial charge >= 0.3 is 0 Å². The van der Waals surface area contributed by atoms with Crippen molar-refractivity contribution >= 4 is 29.0 Å². The Balaban J connectivity index is 2.72. The molecule has 2 N–H and O–H groups in total. The zero-order chi connectivity index (χ0) is 19.4. The van der Waals surface area contributed by atoms with E-state index in [1.54, 1.807) is 19.2 Å². The van der Waals surface area contributed by atoms with Gasteiger partial charge in [0, 0.05) is 7.05 Å². The summed E-state index contributed by atoms with van der Waals surface area (Å²) < 4.78 is 5.66. The predicted molar refractivity (Wildman–Crippen MR) is 106 cm³/mol. The molecule has 6 nitrogen and oxygen atoms in total. The Morgan fingerprint density at radius 1 is 1.35 bits per heavy atom.